The van der Waals surface area contributed by atoms with Gasteiger partial charge in [0.05, 0.1) is 12.6 Å². The van der Waals surface area contributed by atoms with Gasteiger partial charge in [-0.25, -0.2) is 0 Å². The van der Waals surface area contributed by atoms with Gasteiger partial charge in [0.2, 0.25) is 5.91 Å². The summed E-state index contributed by atoms with van der Waals surface area (Å²) in [5.41, 5.74) is 1.95. The molecular formula is C14H19BrN2O2. The Morgan fingerprint density at radius 3 is 2.79 bits per heavy atom. The maximum Gasteiger partial charge on any atom is 0.238 e. The van der Waals surface area contributed by atoms with Gasteiger partial charge in [0.15, 0.2) is 0 Å². The van der Waals surface area contributed by atoms with Crippen molar-refractivity contribution in [3.63, 3.8) is 0 Å². The Balaban J connectivity index is 1.85. The summed E-state index contributed by atoms with van der Waals surface area (Å²) in [7, 11) is 0. The predicted octanol–water partition coefficient (Wildman–Crippen LogP) is 2.15. The number of aryl methyl sites for hydroxylation is 1. The van der Waals surface area contributed by atoms with Crippen molar-refractivity contribution in [3.8, 4) is 0 Å². The normalized spacial score (nSPS) is 17.4. The number of benzene rings is 1. The fourth-order valence-electron chi connectivity index (χ4n) is 2.15. The SMILES string of the molecule is Cc1ccc(NC(=O)CN2CCC(O)CC2)cc1Br. The topological polar surface area (TPSA) is 52.6 Å². The average molecular weight is 327 g/mol. The smallest absolute Gasteiger partial charge is 0.238 e. The molecule has 2 rings (SSSR count). The molecule has 0 spiro atoms. The van der Waals surface area contributed by atoms with E-state index in [1.165, 1.54) is 0 Å². The summed E-state index contributed by atoms with van der Waals surface area (Å²) in [6, 6.07) is 5.78. The first kappa shape index (κ1) is 14.5. The molecule has 0 aromatic heterocycles. The van der Waals surface area contributed by atoms with Crippen LogP contribution in [-0.4, -0.2) is 41.7 Å². The van der Waals surface area contributed by atoms with Gasteiger partial charge in [-0.15, -0.1) is 0 Å². The molecule has 0 aliphatic carbocycles. The van der Waals surface area contributed by atoms with Gasteiger partial charge in [-0.05, 0) is 37.5 Å². The first-order chi connectivity index (χ1) is 9.04. The Bertz CT molecular complexity index is 457. The first-order valence-corrected chi connectivity index (χ1v) is 7.30. The zero-order valence-electron chi connectivity index (χ0n) is 11.0. The van der Waals surface area contributed by atoms with Crippen LogP contribution in [0.3, 0.4) is 0 Å². The first-order valence-electron chi connectivity index (χ1n) is 6.51. The summed E-state index contributed by atoms with van der Waals surface area (Å²) >= 11 is 3.45. The van der Waals surface area contributed by atoms with Crippen LogP contribution in [0.15, 0.2) is 22.7 Å². The summed E-state index contributed by atoms with van der Waals surface area (Å²) in [6.07, 6.45) is 1.31. The minimum absolute atomic E-state index is 0.00728. The third-order valence-electron chi connectivity index (χ3n) is 3.38. The van der Waals surface area contributed by atoms with E-state index in [0.717, 1.165) is 41.7 Å². The van der Waals surface area contributed by atoms with E-state index in [2.05, 4.69) is 26.1 Å². The molecule has 1 aromatic carbocycles. The highest BCUT2D eigenvalue weighted by Gasteiger charge is 2.18. The van der Waals surface area contributed by atoms with E-state index in [1.54, 1.807) is 0 Å². The van der Waals surface area contributed by atoms with Gasteiger partial charge in [-0.1, -0.05) is 22.0 Å². The molecule has 5 heteroatoms. The lowest BCUT2D eigenvalue weighted by Crippen LogP contribution is -2.40. The van der Waals surface area contributed by atoms with E-state index >= 15 is 0 Å². The molecule has 4 nitrogen and oxygen atoms in total. The molecule has 1 saturated heterocycles. The lowest BCUT2D eigenvalue weighted by molar-refractivity contribution is -0.117. The molecule has 1 aliphatic heterocycles. The number of anilines is 1. The number of nitrogens with zero attached hydrogens (tertiary/aromatic N) is 1. The van der Waals surface area contributed by atoms with E-state index in [9.17, 15) is 9.90 Å². The van der Waals surface area contributed by atoms with Gasteiger partial charge in [0.25, 0.3) is 0 Å². The quantitative estimate of drug-likeness (QED) is 0.894. The monoisotopic (exact) mass is 326 g/mol. The van der Waals surface area contributed by atoms with E-state index in [1.807, 2.05) is 25.1 Å². The maximum atomic E-state index is 11.9. The molecular weight excluding hydrogens is 308 g/mol. The summed E-state index contributed by atoms with van der Waals surface area (Å²) in [4.78, 5) is 14.0. The molecule has 1 heterocycles. The van der Waals surface area contributed by atoms with Crippen molar-refractivity contribution < 1.29 is 9.90 Å². The minimum Gasteiger partial charge on any atom is -0.393 e. The van der Waals surface area contributed by atoms with Crippen LogP contribution in [0, 0.1) is 6.92 Å². The van der Waals surface area contributed by atoms with Crippen LogP contribution in [0.4, 0.5) is 5.69 Å². The Labute approximate surface area is 121 Å². The lowest BCUT2D eigenvalue weighted by Gasteiger charge is -2.28. The average Bonchev–Trinajstić information content (AvgIpc) is 2.37. The number of piperidine rings is 1. The molecule has 104 valence electrons. The molecule has 19 heavy (non-hydrogen) atoms. The van der Waals surface area contributed by atoms with Crippen molar-refractivity contribution in [3.05, 3.63) is 28.2 Å². The van der Waals surface area contributed by atoms with Crippen LogP contribution in [-0.2, 0) is 4.79 Å². The summed E-state index contributed by atoms with van der Waals surface area (Å²) in [5.74, 6) is -0.00728. The summed E-state index contributed by atoms with van der Waals surface area (Å²) in [5, 5.41) is 12.3. The highest BCUT2D eigenvalue weighted by molar-refractivity contribution is 9.10. The van der Waals surface area contributed by atoms with Gasteiger partial charge in [-0.2, -0.15) is 0 Å². The van der Waals surface area contributed by atoms with Crippen LogP contribution in [0.5, 0.6) is 0 Å². The fraction of sp³-hybridized carbons (Fsp3) is 0.500. The Hall–Kier alpha value is -0.910. The van der Waals surface area contributed by atoms with Crippen LogP contribution >= 0.6 is 15.9 Å². The number of hydrogen-bond acceptors (Lipinski definition) is 3. The predicted molar refractivity (Wildman–Crippen MR) is 79.2 cm³/mol. The number of hydrogen-bond donors (Lipinski definition) is 2. The van der Waals surface area contributed by atoms with Gasteiger partial charge < -0.3 is 10.4 Å². The molecule has 0 atom stereocenters. The largest absolute Gasteiger partial charge is 0.393 e. The highest BCUT2D eigenvalue weighted by Crippen LogP contribution is 2.20. The van der Waals surface area contributed by atoms with E-state index in [4.69, 9.17) is 0 Å². The third kappa shape index (κ3) is 4.30. The number of aliphatic hydroxyl groups excluding tert-OH is 1. The summed E-state index contributed by atoms with van der Waals surface area (Å²) in [6.45, 7) is 3.96. The molecule has 1 fully saturated rings. The Kier molecular flexibility index (Phi) is 4.96. The van der Waals surface area contributed by atoms with Gasteiger partial charge in [0, 0.05) is 23.2 Å². The maximum absolute atomic E-state index is 11.9. The second kappa shape index (κ2) is 6.50. The van der Waals surface area contributed by atoms with Crippen molar-refractivity contribution in [1.82, 2.24) is 4.90 Å². The number of amides is 1. The molecule has 0 bridgehead atoms. The number of halogens is 1. The van der Waals surface area contributed by atoms with Crippen molar-refractivity contribution in [2.24, 2.45) is 0 Å². The van der Waals surface area contributed by atoms with Gasteiger partial charge in [-0.3, -0.25) is 9.69 Å². The van der Waals surface area contributed by atoms with Crippen molar-refractivity contribution >= 4 is 27.5 Å². The third-order valence-corrected chi connectivity index (χ3v) is 4.23. The van der Waals surface area contributed by atoms with Crippen molar-refractivity contribution in [1.29, 1.82) is 0 Å². The highest BCUT2D eigenvalue weighted by atomic mass is 79.9. The number of likely N-dealkylation sites (tertiary alicyclic amines) is 1. The van der Waals surface area contributed by atoms with Crippen molar-refractivity contribution in [2.45, 2.75) is 25.9 Å². The second-order valence-electron chi connectivity index (χ2n) is 5.02. The van der Waals surface area contributed by atoms with Crippen LogP contribution in [0.25, 0.3) is 0 Å². The molecule has 0 saturated carbocycles. The number of carbonyl (C=O) groups excluding carboxylic acids is 1. The Morgan fingerprint density at radius 2 is 2.16 bits per heavy atom. The molecule has 0 unspecified atom stereocenters. The molecule has 2 N–H and O–H groups in total. The van der Waals surface area contributed by atoms with Gasteiger partial charge in [0.1, 0.15) is 0 Å². The van der Waals surface area contributed by atoms with Crippen LogP contribution in [0.2, 0.25) is 0 Å². The van der Waals surface area contributed by atoms with Crippen LogP contribution < -0.4 is 5.32 Å². The standard InChI is InChI=1S/C14H19BrN2O2/c1-10-2-3-11(8-13(10)15)16-14(19)9-17-6-4-12(18)5-7-17/h2-3,8,12,18H,4-7,9H2,1H3,(H,16,19). The van der Waals surface area contributed by atoms with E-state index in [-0.39, 0.29) is 12.0 Å². The minimum atomic E-state index is -0.202. The number of rotatable bonds is 3. The van der Waals surface area contributed by atoms with Crippen LogP contribution in [0.1, 0.15) is 18.4 Å². The molecule has 1 aromatic rings. The van der Waals surface area contributed by atoms with E-state index < -0.39 is 0 Å². The lowest BCUT2D eigenvalue weighted by atomic mass is 10.1. The van der Waals surface area contributed by atoms with Crippen molar-refractivity contribution in [2.75, 3.05) is 25.0 Å². The zero-order valence-corrected chi connectivity index (χ0v) is 12.6. The fourth-order valence-corrected chi connectivity index (χ4v) is 2.53. The molecule has 1 aliphatic rings. The number of carbonyl (C=O) groups is 1. The molecule has 0 radical (unpaired) electrons. The second-order valence-corrected chi connectivity index (χ2v) is 5.87. The number of aliphatic hydroxyl groups is 1. The summed E-state index contributed by atoms with van der Waals surface area (Å²) < 4.78 is 0.992. The Morgan fingerprint density at radius 1 is 1.47 bits per heavy atom. The van der Waals surface area contributed by atoms with E-state index in [0.29, 0.717) is 6.54 Å². The molecule has 1 amide bonds. The van der Waals surface area contributed by atoms with Gasteiger partial charge >= 0.3 is 0 Å². The number of nitrogens with one attached hydrogen (secondary N) is 1. The zero-order chi connectivity index (χ0) is 13.8.